The maximum atomic E-state index is 11.5. The fraction of sp³-hybridized carbons (Fsp3) is 0.222. The average Bonchev–Trinajstić information content (AvgIpc) is 2.57. The summed E-state index contributed by atoms with van der Waals surface area (Å²) in [5, 5.41) is 4.38. The van der Waals surface area contributed by atoms with E-state index in [9.17, 15) is 4.79 Å². The van der Waals surface area contributed by atoms with Gasteiger partial charge in [-0.3, -0.25) is 0 Å². The molecule has 2 aromatic rings. The van der Waals surface area contributed by atoms with Crippen LogP contribution in [0.3, 0.4) is 0 Å². The second-order valence-electron chi connectivity index (χ2n) is 2.90. The van der Waals surface area contributed by atoms with E-state index < -0.39 is 5.97 Å². The first kappa shape index (κ1) is 11.2. The van der Waals surface area contributed by atoms with Crippen LogP contribution < -0.4 is 0 Å². The molecule has 0 saturated carbocycles. The molecule has 0 N–H and O–H groups in total. The van der Waals surface area contributed by atoms with E-state index in [0.717, 1.165) is 0 Å². The van der Waals surface area contributed by atoms with Crippen molar-refractivity contribution in [3.63, 3.8) is 0 Å². The van der Waals surface area contributed by atoms with Gasteiger partial charge in [-0.2, -0.15) is 5.10 Å². The van der Waals surface area contributed by atoms with Crippen molar-refractivity contribution in [3.05, 3.63) is 28.1 Å². The molecule has 0 aromatic carbocycles. The van der Waals surface area contributed by atoms with E-state index >= 15 is 0 Å². The molecule has 16 heavy (non-hydrogen) atoms. The Labute approximate surface area is 101 Å². The van der Waals surface area contributed by atoms with Gasteiger partial charge < -0.3 is 4.74 Å². The molecule has 2 heterocycles. The molecule has 5 nitrogen and oxygen atoms in total. The summed E-state index contributed by atoms with van der Waals surface area (Å²) in [6.45, 7) is 1.97. The van der Waals surface area contributed by atoms with Gasteiger partial charge in [-0.1, -0.05) is 23.2 Å². The molecular weight excluding hydrogens is 253 g/mol. The van der Waals surface area contributed by atoms with Gasteiger partial charge in [0.05, 0.1) is 6.61 Å². The monoisotopic (exact) mass is 259 g/mol. The molecule has 0 aliphatic rings. The van der Waals surface area contributed by atoms with Crippen molar-refractivity contribution in [3.8, 4) is 0 Å². The van der Waals surface area contributed by atoms with E-state index in [1.807, 2.05) is 0 Å². The van der Waals surface area contributed by atoms with Crippen LogP contribution >= 0.6 is 23.2 Å². The first-order valence-electron chi connectivity index (χ1n) is 4.51. The summed E-state index contributed by atoms with van der Waals surface area (Å²) in [7, 11) is 0. The Hall–Kier alpha value is -1.33. The normalized spacial score (nSPS) is 10.7. The smallest absolute Gasteiger partial charge is 0.360 e. The van der Waals surface area contributed by atoms with Crippen LogP contribution in [-0.2, 0) is 4.74 Å². The molecule has 84 valence electrons. The topological polar surface area (TPSA) is 56.5 Å². The highest BCUT2D eigenvalue weighted by Crippen LogP contribution is 2.22. The molecule has 0 atom stereocenters. The van der Waals surface area contributed by atoms with Crippen molar-refractivity contribution < 1.29 is 9.53 Å². The summed E-state index contributed by atoms with van der Waals surface area (Å²) in [6, 6.07) is 1.55. The zero-order valence-electron chi connectivity index (χ0n) is 8.28. The maximum absolute atomic E-state index is 11.5. The molecule has 0 fully saturated rings. The van der Waals surface area contributed by atoms with E-state index in [0.29, 0.717) is 5.65 Å². The molecule has 7 heteroatoms. The van der Waals surface area contributed by atoms with Crippen LogP contribution in [0.15, 0.2) is 12.3 Å². The van der Waals surface area contributed by atoms with Gasteiger partial charge in [0.2, 0.25) is 0 Å². The minimum Gasteiger partial charge on any atom is -0.461 e. The number of nitrogens with zero attached hydrogens (tertiary/aromatic N) is 3. The molecule has 0 saturated heterocycles. The highest BCUT2D eigenvalue weighted by atomic mass is 35.5. The van der Waals surface area contributed by atoms with Crippen LogP contribution in [0.1, 0.15) is 17.4 Å². The number of carbonyl (C=O) groups excluding carboxylic acids is 1. The summed E-state index contributed by atoms with van der Waals surface area (Å²) in [5.41, 5.74) is 0.371. The largest absolute Gasteiger partial charge is 0.461 e. The molecule has 0 bridgehead atoms. The van der Waals surface area contributed by atoms with Gasteiger partial charge in [-0.15, -0.1) is 0 Å². The minimum absolute atomic E-state index is 0.0401. The van der Waals surface area contributed by atoms with E-state index in [1.54, 1.807) is 19.2 Å². The number of ether oxygens (including phenoxy) is 1. The van der Waals surface area contributed by atoms with Gasteiger partial charge in [-0.25, -0.2) is 14.3 Å². The Morgan fingerprint density at radius 3 is 3.00 bits per heavy atom. The molecule has 0 aliphatic heterocycles. The second-order valence-corrected chi connectivity index (χ2v) is 3.67. The SMILES string of the molecule is CCOC(=O)c1nn2ccc(Cl)nc2c1Cl. The van der Waals surface area contributed by atoms with Gasteiger partial charge in [-0.05, 0) is 13.0 Å². The van der Waals surface area contributed by atoms with Gasteiger partial charge in [0.1, 0.15) is 10.2 Å². The van der Waals surface area contributed by atoms with Crippen LogP contribution in [0.5, 0.6) is 0 Å². The van der Waals surface area contributed by atoms with Crippen LogP contribution in [0.25, 0.3) is 5.65 Å². The van der Waals surface area contributed by atoms with E-state index in [4.69, 9.17) is 27.9 Å². The van der Waals surface area contributed by atoms with Crippen LogP contribution in [0.2, 0.25) is 10.2 Å². The lowest BCUT2D eigenvalue weighted by atomic mass is 10.4. The number of hydrogen-bond donors (Lipinski definition) is 0. The molecule has 0 radical (unpaired) electrons. The molecule has 2 aromatic heterocycles. The molecular formula is C9H7Cl2N3O2. The summed E-state index contributed by atoms with van der Waals surface area (Å²) >= 11 is 11.7. The summed E-state index contributed by atoms with van der Waals surface area (Å²) in [4.78, 5) is 15.4. The first-order valence-corrected chi connectivity index (χ1v) is 5.26. The highest BCUT2D eigenvalue weighted by Gasteiger charge is 2.19. The van der Waals surface area contributed by atoms with Crippen molar-refractivity contribution in [2.45, 2.75) is 6.92 Å². The zero-order chi connectivity index (χ0) is 11.7. The van der Waals surface area contributed by atoms with Crippen molar-refractivity contribution in [1.29, 1.82) is 0 Å². The van der Waals surface area contributed by atoms with Crippen molar-refractivity contribution in [2.24, 2.45) is 0 Å². The van der Waals surface area contributed by atoms with Gasteiger partial charge in [0.15, 0.2) is 11.3 Å². The van der Waals surface area contributed by atoms with Crippen LogP contribution in [-0.4, -0.2) is 27.2 Å². The molecule has 2 rings (SSSR count). The Kier molecular flexibility index (Phi) is 2.98. The number of halogens is 2. The molecule has 0 amide bonds. The number of carbonyl (C=O) groups is 1. The number of rotatable bonds is 2. The lowest BCUT2D eigenvalue weighted by Crippen LogP contribution is -2.06. The lowest BCUT2D eigenvalue weighted by Gasteiger charge is -1.96. The quantitative estimate of drug-likeness (QED) is 0.613. The van der Waals surface area contributed by atoms with E-state index in [-0.39, 0.29) is 22.5 Å². The van der Waals surface area contributed by atoms with Gasteiger partial charge in [0, 0.05) is 6.20 Å². The predicted octanol–water partition coefficient (Wildman–Crippen LogP) is 2.21. The van der Waals surface area contributed by atoms with E-state index in [1.165, 1.54) is 4.52 Å². The standard InChI is InChI=1S/C9H7Cl2N3O2/c1-2-16-9(15)7-6(11)8-12-5(10)3-4-14(8)13-7/h3-4H,2H2,1H3. The number of esters is 1. The molecule has 0 aliphatic carbocycles. The average molecular weight is 260 g/mol. The van der Waals surface area contributed by atoms with Crippen molar-refractivity contribution >= 4 is 34.8 Å². The van der Waals surface area contributed by atoms with Gasteiger partial charge in [0.25, 0.3) is 0 Å². The Bertz CT molecular complexity index is 553. The van der Waals surface area contributed by atoms with Crippen LogP contribution in [0, 0.1) is 0 Å². The summed E-state index contributed by atoms with van der Waals surface area (Å²) < 4.78 is 6.18. The Morgan fingerprint density at radius 1 is 1.56 bits per heavy atom. The lowest BCUT2D eigenvalue weighted by molar-refractivity contribution is 0.0519. The third-order valence-electron chi connectivity index (χ3n) is 1.86. The fourth-order valence-corrected chi connectivity index (χ4v) is 1.59. The van der Waals surface area contributed by atoms with Crippen molar-refractivity contribution in [1.82, 2.24) is 14.6 Å². The number of aromatic nitrogens is 3. The third-order valence-corrected chi connectivity index (χ3v) is 2.42. The first-order chi connectivity index (χ1) is 7.63. The summed E-state index contributed by atoms with van der Waals surface area (Å²) in [6.07, 6.45) is 1.57. The highest BCUT2D eigenvalue weighted by molar-refractivity contribution is 6.36. The summed E-state index contributed by atoms with van der Waals surface area (Å²) in [5.74, 6) is -0.575. The Balaban J connectivity index is 2.56. The molecule has 0 spiro atoms. The van der Waals surface area contributed by atoms with E-state index in [2.05, 4.69) is 10.1 Å². The van der Waals surface area contributed by atoms with Crippen LogP contribution in [0.4, 0.5) is 0 Å². The number of hydrogen-bond acceptors (Lipinski definition) is 4. The molecule has 0 unspecified atom stereocenters. The second kappa shape index (κ2) is 4.27. The minimum atomic E-state index is -0.575. The number of fused-ring (bicyclic) bond motifs is 1. The fourth-order valence-electron chi connectivity index (χ4n) is 1.21. The maximum Gasteiger partial charge on any atom is 0.360 e. The predicted molar refractivity (Wildman–Crippen MR) is 59.0 cm³/mol. The third kappa shape index (κ3) is 1.83. The van der Waals surface area contributed by atoms with Crippen molar-refractivity contribution in [2.75, 3.05) is 6.61 Å². The van der Waals surface area contributed by atoms with Gasteiger partial charge >= 0.3 is 5.97 Å². The zero-order valence-corrected chi connectivity index (χ0v) is 9.79. The Morgan fingerprint density at radius 2 is 2.31 bits per heavy atom.